The maximum absolute atomic E-state index is 13.3. The Kier molecular flexibility index (Phi) is 5.06. The zero-order valence-electron chi connectivity index (χ0n) is 12.2. The van der Waals surface area contributed by atoms with Crippen LogP contribution in [0, 0.1) is 5.82 Å². The van der Waals surface area contributed by atoms with Crippen molar-refractivity contribution in [3.05, 3.63) is 65.5 Å². The van der Waals surface area contributed by atoms with Crippen LogP contribution < -0.4 is 0 Å². The second-order valence-corrected chi connectivity index (χ2v) is 5.09. The number of likely N-dealkylation sites (N-methyl/N-ethyl adjacent to an activating group) is 1. The minimum absolute atomic E-state index is 0.0113. The SMILES string of the molecule is CN(C)[C@H](CN=Cc1ccccc1O)c1cccc(F)c1. The molecule has 0 aliphatic heterocycles. The Morgan fingerprint density at radius 2 is 1.95 bits per heavy atom. The predicted molar refractivity (Wildman–Crippen MR) is 83.4 cm³/mol. The molecule has 0 aromatic heterocycles. The molecule has 110 valence electrons. The molecule has 0 spiro atoms. The average Bonchev–Trinajstić information content (AvgIpc) is 2.45. The van der Waals surface area contributed by atoms with Gasteiger partial charge in [0, 0.05) is 11.8 Å². The second kappa shape index (κ2) is 6.99. The lowest BCUT2D eigenvalue weighted by atomic mass is 10.1. The highest BCUT2D eigenvalue weighted by molar-refractivity contribution is 5.83. The number of aliphatic imine (C=N–C) groups is 1. The lowest BCUT2D eigenvalue weighted by molar-refractivity contribution is 0.306. The van der Waals surface area contributed by atoms with Crippen molar-refractivity contribution in [2.24, 2.45) is 4.99 Å². The number of nitrogens with zero attached hydrogens (tertiary/aromatic N) is 2. The van der Waals surface area contributed by atoms with Crippen LogP contribution in [0.4, 0.5) is 4.39 Å². The average molecular weight is 286 g/mol. The van der Waals surface area contributed by atoms with Crippen LogP contribution in [0.5, 0.6) is 5.75 Å². The molecule has 0 aliphatic rings. The fraction of sp³-hybridized carbons (Fsp3) is 0.235. The first-order valence-electron chi connectivity index (χ1n) is 6.77. The van der Waals surface area contributed by atoms with Crippen LogP contribution in [0.15, 0.2) is 53.5 Å². The Labute approximate surface area is 124 Å². The molecule has 21 heavy (non-hydrogen) atoms. The predicted octanol–water partition coefficient (Wildman–Crippen LogP) is 3.25. The topological polar surface area (TPSA) is 35.8 Å². The van der Waals surface area contributed by atoms with Gasteiger partial charge in [-0.1, -0.05) is 24.3 Å². The van der Waals surface area contributed by atoms with Gasteiger partial charge in [0.05, 0.1) is 12.6 Å². The van der Waals surface area contributed by atoms with Crippen molar-refractivity contribution >= 4 is 6.21 Å². The van der Waals surface area contributed by atoms with Crippen LogP contribution in [0.1, 0.15) is 17.2 Å². The first-order chi connectivity index (χ1) is 10.1. The van der Waals surface area contributed by atoms with Crippen molar-refractivity contribution in [3.63, 3.8) is 0 Å². The minimum Gasteiger partial charge on any atom is -0.507 e. The molecule has 0 heterocycles. The van der Waals surface area contributed by atoms with Gasteiger partial charge >= 0.3 is 0 Å². The van der Waals surface area contributed by atoms with E-state index in [0.717, 1.165) is 5.56 Å². The van der Waals surface area contributed by atoms with Crippen LogP contribution in [-0.2, 0) is 0 Å². The standard InChI is InChI=1S/C17H19FN2O/c1-20(2)16(13-7-5-8-15(18)10-13)12-19-11-14-6-3-4-9-17(14)21/h3-11,16,21H,12H2,1-2H3/t16-/m1/s1. The van der Waals surface area contributed by atoms with Gasteiger partial charge in [0.1, 0.15) is 11.6 Å². The molecular formula is C17H19FN2O. The van der Waals surface area contributed by atoms with Crippen LogP contribution in [-0.4, -0.2) is 36.9 Å². The molecule has 0 aliphatic carbocycles. The molecule has 3 nitrogen and oxygen atoms in total. The van der Waals surface area contributed by atoms with E-state index in [4.69, 9.17) is 0 Å². The maximum Gasteiger partial charge on any atom is 0.124 e. The zero-order valence-corrected chi connectivity index (χ0v) is 12.2. The highest BCUT2D eigenvalue weighted by Crippen LogP contribution is 2.20. The van der Waals surface area contributed by atoms with Gasteiger partial charge in [-0.3, -0.25) is 4.99 Å². The fourth-order valence-electron chi connectivity index (χ4n) is 2.13. The first kappa shape index (κ1) is 15.2. The van der Waals surface area contributed by atoms with Crippen LogP contribution in [0.3, 0.4) is 0 Å². The number of hydrogen-bond donors (Lipinski definition) is 1. The second-order valence-electron chi connectivity index (χ2n) is 5.09. The molecule has 2 aromatic rings. The summed E-state index contributed by atoms with van der Waals surface area (Å²) in [6.07, 6.45) is 1.64. The van der Waals surface area contributed by atoms with Gasteiger partial charge in [0.25, 0.3) is 0 Å². The van der Waals surface area contributed by atoms with Crippen molar-refractivity contribution in [1.29, 1.82) is 0 Å². The first-order valence-corrected chi connectivity index (χ1v) is 6.77. The van der Waals surface area contributed by atoms with Crippen LogP contribution in [0.2, 0.25) is 0 Å². The molecule has 1 N–H and O–H groups in total. The quantitative estimate of drug-likeness (QED) is 0.856. The summed E-state index contributed by atoms with van der Waals surface area (Å²) < 4.78 is 13.3. The van der Waals surface area contributed by atoms with E-state index < -0.39 is 0 Å². The van der Waals surface area contributed by atoms with Gasteiger partial charge in [0.2, 0.25) is 0 Å². The number of rotatable bonds is 5. The smallest absolute Gasteiger partial charge is 0.124 e. The molecule has 0 radical (unpaired) electrons. The van der Waals surface area contributed by atoms with Crippen molar-refractivity contribution < 1.29 is 9.50 Å². The molecule has 1 atom stereocenters. The van der Waals surface area contributed by atoms with E-state index in [9.17, 15) is 9.50 Å². The molecule has 0 unspecified atom stereocenters. The molecule has 2 rings (SSSR count). The van der Waals surface area contributed by atoms with E-state index in [1.807, 2.05) is 31.1 Å². The van der Waals surface area contributed by atoms with E-state index in [1.165, 1.54) is 12.1 Å². The van der Waals surface area contributed by atoms with Gasteiger partial charge in [-0.2, -0.15) is 0 Å². The Balaban J connectivity index is 2.13. The van der Waals surface area contributed by atoms with E-state index in [2.05, 4.69) is 4.99 Å². The van der Waals surface area contributed by atoms with Crippen LogP contribution in [0.25, 0.3) is 0 Å². The third-order valence-electron chi connectivity index (χ3n) is 3.30. The van der Waals surface area contributed by atoms with E-state index in [-0.39, 0.29) is 17.6 Å². The molecule has 4 heteroatoms. The van der Waals surface area contributed by atoms with Gasteiger partial charge in [-0.25, -0.2) is 4.39 Å². The summed E-state index contributed by atoms with van der Waals surface area (Å²) >= 11 is 0. The van der Waals surface area contributed by atoms with Crippen molar-refractivity contribution in [3.8, 4) is 5.75 Å². The van der Waals surface area contributed by atoms with Gasteiger partial charge in [-0.05, 0) is 43.9 Å². The van der Waals surface area contributed by atoms with E-state index >= 15 is 0 Å². The van der Waals surface area contributed by atoms with Crippen molar-refractivity contribution in [1.82, 2.24) is 4.90 Å². The number of phenols is 1. The molecular weight excluding hydrogens is 267 g/mol. The maximum atomic E-state index is 13.3. The fourth-order valence-corrected chi connectivity index (χ4v) is 2.13. The lowest BCUT2D eigenvalue weighted by Gasteiger charge is -2.23. The highest BCUT2D eigenvalue weighted by atomic mass is 19.1. The third kappa shape index (κ3) is 4.13. The monoisotopic (exact) mass is 286 g/mol. The molecule has 0 bridgehead atoms. The van der Waals surface area contributed by atoms with Crippen molar-refractivity contribution in [2.45, 2.75) is 6.04 Å². The number of halogens is 1. The number of para-hydroxylation sites is 1. The Morgan fingerprint density at radius 3 is 2.62 bits per heavy atom. The zero-order chi connectivity index (χ0) is 15.2. The van der Waals surface area contributed by atoms with Gasteiger partial charge < -0.3 is 10.0 Å². The molecule has 0 saturated heterocycles. The Bertz CT molecular complexity index is 626. The van der Waals surface area contributed by atoms with E-state index in [0.29, 0.717) is 12.1 Å². The van der Waals surface area contributed by atoms with Gasteiger partial charge in [0.15, 0.2) is 0 Å². The molecule has 0 saturated carbocycles. The Hall–Kier alpha value is -2.20. The summed E-state index contributed by atoms with van der Waals surface area (Å²) in [4.78, 5) is 6.38. The largest absolute Gasteiger partial charge is 0.507 e. The summed E-state index contributed by atoms with van der Waals surface area (Å²) in [6.45, 7) is 0.491. The molecule has 0 amide bonds. The highest BCUT2D eigenvalue weighted by Gasteiger charge is 2.13. The summed E-state index contributed by atoms with van der Waals surface area (Å²) in [7, 11) is 3.87. The van der Waals surface area contributed by atoms with Crippen LogP contribution >= 0.6 is 0 Å². The van der Waals surface area contributed by atoms with Crippen molar-refractivity contribution in [2.75, 3.05) is 20.6 Å². The minimum atomic E-state index is -0.246. The molecule has 2 aromatic carbocycles. The Morgan fingerprint density at radius 1 is 1.19 bits per heavy atom. The normalized spacial score (nSPS) is 13.0. The summed E-state index contributed by atoms with van der Waals surface area (Å²) in [6, 6.07) is 13.6. The summed E-state index contributed by atoms with van der Waals surface area (Å²) in [5, 5.41) is 9.69. The summed E-state index contributed by atoms with van der Waals surface area (Å²) in [5.74, 6) is -0.0440. The number of aromatic hydroxyl groups is 1. The lowest BCUT2D eigenvalue weighted by Crippen LogP contribution is -2.22. The number of benzene rings is 2. The number of hydrogen-bond acceptors (Lipinski definition) is 3. The van der Waals surface area contributed by atoms with Gasteiger partial charge in [-0.15, -0.1) is 0 Å². The van der Waals surface area contributed by atoms with E-state index in [1.54, 1.807) is 30.5 Å². The molecule has 0 fully saturated rings. The summed E-state index contributed by atoms with van der Waals surface area (Å²) in [5.41, 5.74) is 1.56. The third-order valence-corrected chi connectivity index (χ3v) is 3.30. The number of phenolic OH excluding ortho intramolecular Hbond substituents is 1.